The van der Waals surface area contributed by atoms with E-state index in [9.17, 15) is 9.59 Å². The molecule has 0 amide bonds. The topological polar surface area (TPSA) is 52.6 Å². The molecule has 0 spiro atoms. The Morgan fingerprint density at radius 2 is 0.931 bits per heavy atom. The van der Waals surface area contributed by atoms with Gasteiger partial charge in [0.2, 0.25) is 0 Å². The van der Waals surface area contributed by atoms with Crippen LogP contribution < -0.4 is 9.47 Å². The molecule has 0 aromatic heterocycles. The number of para-hydroxylation sites is 2. The summed E-state index contributed by atoms with van der Waals surface area (Å²) in [5, 5.41) is 0. The van der Waals surface area contributed by atoms with Crippen LogP contribution in [0.25, 0.3) is 0 Å². The Morgan fingerprint density at radius 3 is 1.31 bits per heavy atom. The van der Waals surface area contributed by atoms with Gasteiger partial charge >= 0.3 is 11.9 Å². The van der Waals surface area contributed by atoms with E-state index >= 15 is 0 Å². The lowest BCUT2D eigenvalue weighted by Crippen LogP contribution is -2.12. The third-order valence-electron chi connectivity index (χ3n) is 5.02. The predicted molar refractivity (Wildman–Crippen MR) is 118 cm³/mol. The Kier molecular flexibility index (Phi) is 14.8. The summed E-state index contributed by atoms with van der Waals surface area (Å²) in [5.41, 5.74) is 0. The van der Waals surface area contributed by atoms with Crippen molar-refractivity contribution >= 4 is 11.9 Å². The molecular weight excluding hydrogens is 364 g/mol. The van der Waals surface area contributed by atoms with Crippen LogP contribution in [0.2, 0.25) is 0 Å². The van der Waals surface area contributed by atoms with Gasteiger partial charge in [0.05, 0.1) is 0 Å². The molecule has 0 aliphatic carbocycles. The molecule has 0 unspecified atom stereocenters. The van der Waals surface area contributed by atoms with Crippen molar-refractivity contribution < 1.29 is 19.1 Å². The number of hydrogen-bond donors (Lipinski definition) is 0. The molecule has 0 heterocycles. The lowest BCUT2D eigenvalue weighted by molar-refractivity contribution is -0.137. The zero-order valence-corrected chi connectivity index (χ0v) is 18.5. The predicted octanol–water partition coefficient (Wildman–Crippen LogP) is 7.39. The van der Waals surface area contributed by atoms with Gasteiger partial charge in [-0.3, -0.25) is 9.59 Å². The van der Waals surface area contributed by atoms with Crippen molar-refractivity contribution in [2.75, 3.05) is 0 Å². The molecule has 0 radical (unpaired) electrons. The standard InChI is InChI=1S/C25H40O4/c1-3-5-7-9-10-11-13-15-21-25(27)29-23-19-17-16-18-22(23)28-24(26)20-14-12-8-6-4-2/h16-19H,3-15,20-21H2,1-2H3. The van der Waals surface area contributed by atoms with E-state index in [0.29, 0.717) is 24.3 Å². The van der Waals surface area contributed by atoms with E-state index in [4.69, 9.17) is 9.47 Å². The van der Waals surface area contributed by atoms with E-state index in [0.717, 1.165) is 32.1 Å². The maximum atomic E-state index is 12.1. The smallest absolute Gasteiger partial charge is 0.311 e. The molecule has 0 aliphatic heterocycles. The van der Waals surface area contributed by atoms with Crippen LogP contribution in [0.5, 0.6) is 11.5 Å². The van der Waals surface area contributed by atoms with Crippen LogP contribution in [0.3, 0.4) is 0 Å². The van der Waals surface area contributed by atoms with Crippen molar-refractivity contribution in [3.05, 3.63) is 24.3 Å². The molecule has 1 rings (SSSR count). The van der Waals surface area contributed by atoms with Gasteiger partial charge in [-0.05, 0) is 25.0 Å². The fraction of sp³-hybridized carbons (Fsp3) is 0.680. The first-order chi connectivity index (χ1) is 14.2. The van der Waals surface area contributed by atoms with Crippen LogP contribution in [0.4, 0.5) is 0 Å². The minimum atomic E-state index is -0.270. The van der Waals surface area contributed by atoms with Gasteiger partial charge < -0.3 is 9.47 Å². The number of rotatable bonds is 17. The number of esters is 2. The van der Waals surface area contributed by atoms with Crippen molar-refractivity contribution in [1.82, 2.24) is 0 Å². The number of unbranched alkanes of at least 4 members (excludes halogenated alkanes) is 11. The highest BCUT2D eigenvalue weighted by molar-refractivity contribution is 5.76. The highest BCUT2D eigenvalue weighted by Gasteiger charge is 2.13. The minimum Gasteiger partial charge on any atom is -0.423 e. The highest BCUT2D eigenvalue weighted by Crippen LogP contribution is 2.27. The van der Waals surface area contributed by atoms with Crippen LogP contribution in [-0.4, -0.2) is 11.9 Å². The summed E-state index contributed by atoms with van der Waals surface area (Å²) < 4.78 is 10.9. The van der Waals surface area contributed by atoms with Crippen molar-refractivity contribution in [3.63, 3.8) is 0 Å². The summed E-state index contributed by atoms with van der Waals surface area (Å²) in [4.78, 5) is 24.2. The Bertz CT molecular complexity index is 568. The Hall–Kier alpha value is -1.84. The van der Waals surface area contributed by atoms with Gasteiger partial charge in [-0.2, -0.15) is 0 Å². The van der Waals surface area contributed by atoms with Gasteiger partial charge in [-0.1, -0.05) is 96.6 Å². The monoisotopic (exact) mass is 404 g/mol. The van der Waals surface area contributed by atoms with Crippen LogP contribution in [-0.2, 0) is 9.59 Å². The molecule has 0 saturated carbocycles. The van der Waals surface area contributed by atoms with Gasteiger partial charge in [0.1, 0.15) is 0 Å². The van der Waals surface area contributed by atoms with Crippen LogP contribution in [0, 0.1) is 0 Å². The molecule has 1 aromatic carbocycles. The number of carbonyl (C=O) groups is 2. The Balaban J connectivity index is 2.28. The molecule has 4 heteroatoms. The van der Waals surface area contributed by atoms with Gasteiger partial charge in [0.25, 0.3) is 0 Å². The van der Waals surface area contributed by atoms with E-state index < -0.39 is 0 Å². The first kappa shape index (κ1) is 25.2. The molecule has 0 atom stereocenters. The van der Waals surface area contributed by atoms with E-state index in [1.54, 1.807) is 24.3 Å². The summed E-state index contributed by atoms with van der Waals surface area (Å²) in [5.74, 6) is 0.124. The summed E-state index contributed by atoms with van der Waals surface area (Å²) >= 11 is 0. The number of hydrogen-bond acceptors (Lipinski definition) is 4. The minimum absolute atomic E-state index is 0.265. The second-order valence-corrected chi connectivity index (χ2v) is 7.78. The molecule has 0 aliphatic rings. The van der Waals surface area contributed by atoms with E-state index in [1.807, 2.05) is 0 Å². The first-order valence-corrected chi connectivity index (χ1v) is 11.7. The van der Waals surface area contributed by atoms with Gasteiger partial charge in [0.15, 0.2) is 11.5 Å². The normalized spacial score (nSPS) is 10.7. The third kappa shape index (κ3) is 13.1. The second kappa shape index (κ2) is 17.1. The molecule has 0 fully saturated rings. The van der Waals surface area contributed by atoms with Gasteiger partial charge in [-0.25, -0.2) is 0 Å². The van der Waals surface area contributed by atoms with E-state index in [1.165, 1.54) is 51.4 Å². The molecular formula is C25H40O4. The zero-order valence-electron chi connectivity index (χ0n) is 18.5. The lowest BCUT2D eigenvalue weighted by Gasteiger charge is -2.10. The van der Waals surface area contributed by atoms with Crippen molar-refractivity contribution in [2.24, 2.45) is 0 Å². The molecule has 1 aromatic rings. The van der Waals surface area contributed by atoms with E-state index in [-0.39, 0.29) is 11.9 Å². The fourth-order valence-electron chi connectivity index (χ4n) is 3.24. The molecule has 0 saturated heterocycles. The quantitative estimate of drug-likeness (QED) is 0.154. The fourth-order valence-corrected chi connectivity index (χ4v) is 3.24. The zero-order chi connectivity index (χ0) is 21.2. The summed E-state index contributed by atoms with van der Waals surface area (Å²) in [6.45, 7) is 4.39. The second-order valence-electron chi connectivity index (χ2n) is 7.78. The molecule has 164 valence electrons. The third-order valence-corrected chi connectivity index (χ3v) is 5.02. The molecule has 4 nitrogen and oxygen atoms in total. The van der Waals surface area contributed by atoms with Gasteiger partial charge in [-0.15, -0.1) is 0 Å². The lowest BCUT2D eigenvalue weighted by atomic mass is 10.1. The number of ether oxygens (including phenoxy) is 2. The highest BCUT2D eigenvalue weighted by atomic mass is 16.6. The molecule has 0 N–H and O–H groups in total. The van der Waals surface area contributed by atoms with Crippen molar-refractivity contribution in [3.8, 4) is 11.5 Å². The molecule has 29 heavy (non-hydrogen) atoms. The average molecular weight is 405 g/mol. The number of benzene rings is 1. The average Bonchev–Trinajstić information content (AvgIpc) is 2.71. The van der Waals surface area contributed by atoms with Crippen molar-refractivity contribution in [2.45, 2.75) is 110 Å². The largest absolute Gasteiger partial charge is 0.423 e. The van der Waals surface area contributed by atoms with Crippen LogP contribution >= 0.6 is 0 Å². The Morgan fingerprint density at radius 1 is 0.586 bits per heavy atom. The Labute approximate surface area is 177 Å². The van der Waals surface area contributed by atoms with Crippen LogP contribution in [0.15, 0.2) is 24.3 Å². The summed E-state index contributed by atoms with van der Waals surface area (Å²) in [7, 11) is 0. The maximum absolute atomic E-state index is 12.1. The van der Waals surface area contributed by atoms with Gasteiger partial charge in [0, 0.05) is 12.8 Å². The maximum Gasteiger partial charge on any atom is 0.311 e. The number of carbonyl (C=O) groups excluding carboxylic acids is 2. The SMILES string of the molecule is CCCCCCCCCCC(=O)Oc1ccccc1OC(=O)CCCCCCC. The molecule has 0 bridgehead atoms. The summed E-state index contributed by atoms with van der Waals surface area (Å²) in [6, 6.07) is 6.91. The van der Waals surface area contributed by atoms with Crippen LogP contribution in [0.1, 0.15) is 110 Å². The van der Waals surface area contributed by atoms with Crippen molar-refractivity contribution in [1.29, 1.82) is 0 Å². The summed E-state index contributed by atoms with van der Waals surface area (Å²) in [6.07, 6.45) is 15.7. The van der Waals surface area contributed by atoms with E-state index in [2.05, 4.69) is 13.8 Å². The first-order valence-electron chi connectivity index (χ1n) is 11.7.